The number of nitrogens with one attached hydrogen (secondary N) is 2. The molecule has 160 valence electrons. The van der Waals surface area contributed by atoms with Crippen LogP contribution in [0.1, 0.15) is 27.7 Å². The summed E-state index contributed by atoms with van der Waals surface area (Å²) in [5.41, 5.74) is -1.67. The minimum absolute atomic E-state index is 0.0310. The molecule has 1 aliphatic rings. The van der Waals surface area contributed by atoms with Gasteiger partial charge in [-0.3, -0.25) is 4.79 Å². The SMILES string of the molecule is C[C@H](O[Si](C)(C)C(C)(C)C)[C@@]1(NC(=O)N(C)C)C(=O)C(CO)=C[C@@H]1NC(=O)O. The fourth-order valence-electron chi connectivity index (χ4n) is 2.90. The van der Waals surface area contributed by atoms with Crippen molar-refractivity contribution in [3.05, 3.63) is 11.6 Å². The van der Waals surface area contributed by atoms with Crippen molar-refractivity contribution < 1.29 is 29.0 Å². The molecule has 0 bridgehead atoms. The van der Waals surface area contributed by atoms with Gasteiger partial charge in [-0.15, -0.1) is 0 Å². The van der Waals surface area contributed by atoms with Gasteiger partial charge in [-0.2, -0.15) is 0 Å². The van der Waals surface area contributed by atoms with Crippen molar-refractivity contribution in [3.8, 4) is 0 Å². The van der Waals surface area contributed by atoms with Gasteiger partial charge >= 0.3 is 12.1 Å². The quantitative estimate of drug-likeness (QED) is 0.487. The summed E-state index contributed by atoms with van der Waals surface area (Å²) >= 11 is 0. The molecule has 0 heterocycles. The lowest BCUT2D eigenvalue weighted by Gasteiger charge is -2.46. The first-order valence-corrected chi connectivity index (χ1v) is 12.0. The van der Waals surface area contributed by atoms with Crippen molar-refractivity contribution in [2.75, 3.05) is 20.7 Å². The van der Waals surface area contributed by atoms with Gasteiger partial charge in [-0.1, -0.05) is 26.8 Å². The Morgan fingerprint density at radius 1 is 1.36 bits per heavy atom. The lowest BCUT2D eigenvalue weighted by atomic mass is 9.84. The number of Topliss-reactive ketones (excluding diaryl/α,β-unsaturated/α-hetero) is 1. The van der Waals surface area contributed by atoms with E-state index in [1.165, 1.54) is 25.1 Å². The first-order valence-electron chi connectivity index (χ1n) is 9.13. The Balaban J connectivity index is 3.49. The van der Waals surface area contributed by atoms with Crippen LogP contribution in [0.2, 0.25) is 18.1 Å². The van der Waals surface area contributed by atoms with Crippen LogP contribution in [-0.2, 0) is 9.22 Å². The number of rotatable bonds is 6. The average Bonchev–Trinajstić information content (AvgIpc) is 2.78. The summed E-state index contributed by atoms with van der Waals surface area (Å²) in [6.45, 7) is 11.2. The van der Waals surface area contributed by atoms with Gasteiger partial charge in [0.1, 0.15) is 0 Å². The maximum atomic E-state index is 13.2. The van der Waals surface area contributed by atoms with Crippen molar-refractivity contribution in [1.82, 2.24) is 15.5 Å². The smallest absolute Gasteiger partial charge is 0.405 e. The summed E-state index contributed by atoms with van der Waals surface area (Å²) in [5, 5.41) is 23.7. The zero-order valence-corrected chi connectivity index (χ0v) is 18.9. The zero-order valence-electron chi connectivity index (χ0n) is 17.9. The Morgan fingerprint density at radius 2 is 1.89 bits per heavy atom. The van der Waals surface area contributed by atoms with Crippen molar-refractivity contribution >= 4 is 26.2 Å². The topological polar surface area (TPSA) is 128 Å². The molecule has 0 fully saturated rings. The highest BCUT2D eigenvalue weighted by Gasteiger charge is 2.58. The van der Waals surface area contributed by atoms with E-state index >= 15 is 0 Å². The minimum atomic E-state index is -2.37. The number of hydrogen-bond acceptors (Lipinski definition) is 5. The minimum Gasteiger partial charge on any atom is -0.465 e. The van der Waals surface area contributed by atoms with Crippen molar-refractivity contribution in [3.63, 3.8) is 0 Å². The number of nitrogens with zero attached hydrogens (tertiary/aromatic N) is 1. The summed E-state index contributed by atoms with van der Waals surface area (Å²) in [6, 6.07) is -1.65. The highest BCUT2D eigenvalue weighted by atomic mass is 28.4. The van der Waals surface area contributed by atoms with Crippen LogP contribution in [0.3, 0.4) is 0 Å². The molecule has 28 heavy (non-hydrogen) atoms. The number of carbonyl (C=O) groups excluding carboxylic acids is 2. The summed E-state index contributed by atoms with van der Waals surface area (Å²) in [7, 11) is 0.661. The third-order valence-electron chi connectivity index (χ3n) is 5.61. The van der Waals surface area contributed by atoms with E-state index in [4.69, 9.17) is 4.43 Å². The maximum absolute atomic E-state index is 13.2. The molecule has 0 aromatic rings. The fraction of sp³-hybridized carbons (Fsp3) is 0.722. The molecule has 0 aromatic heterocycles. The van der Waals surface area contributed by atoms with Crippen molar-refractivity contribution in [1.29, 1.82) is 0 Å². The molecular weight excluding hydrogens is 382 g/mol. The number of amides is 3. The lowest BCUT2D eigenvalue weighted by molar-refractivity contribution is -0.125. The van der Waals surface area contributed by atoms with E-state index in [9.17, 15) is 24.6 Å². The van der Waals surface area contributed by atoms with Crippen LogP contribution >= 0.6 is 0 Å². The summed E-state index contributed by atoms with van der Waals surface area (Å²) in [5.74, 6) is -0.560. The summed E-state index contributed by atoms with van der Waals surface area (Å²) in [4.78, 5) is 38.3. The van der Waals surface area contributed by atoms with E-state index in [1.54, 1.807) is 6.92 Å². The molecule has 0 radical (unpaired) electrons. The third kappa shape index (κ3) is 4.56. The van der Waals surface area contributed by atoms with Crippen LogP contribution in [0.25, 0.3) is 0 Å². The molecule has 0 unspecified atom stereocenters. The van der Waals surface area contributed by atoms with Crippen LogP contribution < -0.4 is 10.6 Å². The molecule has 0 saturated heterocycles. The van der Waals surface area contributed by atoms with Crippen LogP contribution in [0, 0.1) is 0 Å². The van der Waals surface area contributed by atoms with Crippen LogP contribution in [-0.4, -0.2) is 79.7 Å². The normalized spacial score (nSPS) is 23.8. The molecule has 0 saturated carbocycles. The Bertz CT molecular complexity index is 671. The second-order valence-electron chi connectivity index (χ2n) is 8.82. The summed E-state index contributed by atoms with van der Waals surface area (Å²) in [6.07, 6.45) is -0.851. The van der Waals surface area contributed by atoms with Gasteiger partial charge in [0.2, 0.25) is 0 Å². The van der Waals surface area contributed by atoms with Crippen molar-refractivity contribution in [2.45, 2.75) is 63.5 Å². The standard InChI is InChI=1S/C18H33N3O6Si/c1-11(27-28(7,8)17(2,3)4)18(20-15(24)21(5)6)13(19-16(25)26)9-12(10-22)14(18)23/h9,11,13,19,22H,10H2,1-8H3,(H,20,24)(H,25,26)/t11-,13-,18-/m0/s1. The zero-order chi connectivity index (χ0) is 22.1. The molecule has 0 spiro atoms. The largest absolute Gasteiger partial charge is 0.465 e. The van der Waals surface area contributed by atoms with Gasteiger partial charge in [-0.05, 0) is 25.1 Å². The number of hydrogen-bond donors (Lipinski definition) is 4. The molecule has 0 aromatic carbocycles. The first kappa shape index (κ1) is 24.1. The van der Waals surface area contributed by atoms with Crippen molar-refractivity contribution in [2.24, 2.45) is 0 Å². The number of aliphatic hydroxyl groups is 1. The second-order valence-corrected chi connectivity index (χ2v) is 13.6. The van der Waals surface area contributed by atoms with E-state index in [-0.39, 0.29) is 10.6 Å². The Hall–Kier alpha value is -1.91. The molecule has 1 aliphatic carbocycles. The molecule has 9 nitrogen and oxygen atoms in total. The van der Waals surface area contributed by atoms with Crippen LogP contribution in [0.5, 0.6) is 0 Å². The summed E-state index contributed by atoms with van der Waals surface area (Å²) < 4.78 is 6.38. The van der Waals surface area contributed by atoms with Gasteiger partial charge < -0.3 is 30.2 Å². The average molecular weight is 416 g/mol. The Morgan fingerprint density at radius 3 is 2.29 bits per heavy atom. The van der Waals surface area contributed by atoms with Crippen LogP contribution in [0.15, 0.2) is 11.6 Å². The monoisotopic (exact) mass is 415 g/mol. The number of carbonyl (C=O) groups is 3. The third-order valence-corrected chi connectivity index (χ3v) is 10.2. The molecular formula is C18H33N3O6Si. The van der Waals surface area contributed by atoms with E-state index in [2.05, 4.69) is 10.6 Å². The Kier molecular flexibility index (Phi) is 7.08. The first-order chi connectivity index (χ1) is 12.6. The molecule has 4 N–H and O–H groups in total. The van der Waals surface area contributed by atoms with E-state index < -0.39 is 50.5 Å². The van der Waals surface area contributed by atoms with Gasteiger partial charge in [-0.25, -0.2) is 9.59 Å². The van der Waals surface area contributed by atoms with Gasteiger partial charge in [0, 0.05) is 19.7 Å². The fourth-order valence-corrected chi connectivity index (χ4v) is 4.33. The van der Waals surface area contributed by atoms with E-state index in [1.807, 2.05) is 33.9 Å². The number of ketones is 1. The predicted molar refractivity (Wildman–Crippen MR) is 108 cm³/mol. The van der Waals surface area contributed by atoms with Gasteiger partial charge in [0.05, 0.1) is 18.8 Å². The number of carboxylic acid groups (broad SMARTS) is 1. The maximum Gasteiger partial charge on any atom is 0.405 e. The van der Waals surface area contributed by atoms with E-state index in [0.717, 1.165) is 0 Å². The molecule has 1 rings (SSSR count). The van der Waals surface area contributed by atoms with E-state index in [0.29, 0.717) is 0 Å². The molecule has 3 atom stereocenters. The number of aliphatic hydroxyl groups excluding tert-OH is 1. The Labute approximate surface area is 167 Å². The van der Waals surface area contributed by atoms with Gasteiger partial charge in [0.15, 0.2) is 19.6 Å². The lowest BCUT2D eigenvalue weighted by Crippen LogP contribution is -2.71. The van der Waals surface area contributed by atoms with Gasteiger partial charge in [0.25, 0.3) is 0 Å². The number of urea groups is 1. The molecule has 0 aliphatic heterocycles. The van der Waals surface area contributed by atoms with Crippen LogP contribution in [0.4, 0.5) is 9.59 Å². The molecule has 10 heteroatoms. The molecule has 3 amide bonds. The highest BCUT2D eigenvalue weighted by Crippen LogP contribution is 2.40. The predicted octanol–water partition coefficient (Wildman–Crippen LogP) is 1.54. The highest BCUT2D eigenvalue weighted by molar-refractivity contribution is 6.74. The second kappa shape index (κ2) is 8.22.